The number of rotatable bonds is 5. The molecule has 0 radical (unpaired) electrons. The van der Waals surface area contributed by atoms with Gasteiger partial charge in [0.15, 0.2) is 0 Å². The van der Waals surface area contributed by atoms with Crippen LogP contribution in [0.1, 0.15) is 48.8 Å². The van der Waals surface area contributed by atoms with Gasteiger partial charge in [-0.3, -0.25) is 0 Å². The third kappa shape index (κ3) is 4.53. The van der Waals surface area contributed by atoms with Gasteiger partial charge >= 0.3 is 0 Å². The van der Waals surface area contributed by atoms with Crippen LogP contribution in [0.2, 0.25) is 0 Å². The van der Waals surface area contributed by atoms with Gasteiger partial charge in [0, 0.05) is 5.56 Å². The summed E-state index contributed by atoms with van der Waals surface area (Å²) in [5.74, 6) is 1.39. The summed E-state index contributed by atoms with van der Waals surface area (Å²) >= 11 is 0. The number of hydrogen-bond acceptors (Lipinski definition) is 3. The number of para-hydroxylation sites is 1. The summed E-state index contributed by atoms with van der Waals surface area (Å²) in [7, 11) is 0. The standard InChI is InChI=1S/C23H25NO2/c1-17-11-13-19(14-12-17)23(15-21(25)18-7-3-2-4-8-18)26-22-10-6-5-9-20(22)16-24/h5-6,9-15,18,21,25H,2-4,7-8H2,1H3/b23-15-. The Morgan fingerprint density at radius 2 is 1.81 bits per heavy atom. The molecule has 1 aliphatic rings. The van der Waals surface area contributed by atoms with Crippen molar-refractivity contribution >= 4 is 5.76 Å². The number of aryl methyl sites for hydroxylation is 1. The van der Waals surface area contributed by atoms with Crippen molar-refractivity contribution < 1.29 is 9.84 Å². The summed E-state index contributed by atoms with van der Waals surface area (Å²) in [6.07, 6.45) is 6.97. The van der Waals surface area contributed by atoms with E-state index in [1.807, 2.05) is 49.4 Å². The molecule has 1 aliphatic carbocycles. The van der Waals surface area contributed by atoms with Gasteiger partial charge in [-0.15, -0.1) is 0 Å². The number of aliphatic hydroxyl groups is 1. The zero-order chi connectivity index (χ0) is 18.4. The SMILES string of the molecule is Cc1ccc(/C(=C/C(O)C2CCCCC2)Oc2ccccc2C#N)cc1. The molecule has 26 heavy (non-hydrogen) atoms. The van der Waals surface area contributed by atoms with Gasteiger partial charge in [-0.1, -0.05) is 61.2 Å². The van der Waals surface area contributed by atoms with Crippen LogP contribution in [-0.2, 0) is 0 Å². The van der Waals surface area contributed by atoms with Crippen LogP contribution >= 0.6 is 0 Å². The van der Waals surface area contributed by atoms with Crippen LogP contribution in [0.15, 0.2) is 54.6 Å². The van der Waals surface area contributed by atoms with E-state index in [0.29, 0.717) is 17.1 Å². The smallest absolute Gasteiger partial charge is 0.145 e. The summed E-state index contributed by atoms with van der Waals surface area (Å²) < 4.78 is 6.10. The largest absolute Gasteiger partial charge is 0.456 e. The average Bonchev–Trinajstić information content (AvgIpc) is 2.69. The zero-order valence-corrected chi connectivity index (χ0v) is 15.2. The summed E-state index contributed by atoms with van der Waals surface area (Å²) in [5.41, 5.74) is 2.55. The monoisotopic (exact) mass is 347 g/mol. The summed E-state index contributed by atoms with van der Waals surface area (Å²) in [6, 6.07) is 17.4. The van der Waals surface area contributed by atoms with Crippen LogP contribution in [-0.4, -0.2) is 11.2 Å². The fourth-order valence-corrected chi connectivity index (χ4v) is 3.44. The highest BCUT2D eigenvalue weighted by molar-refractivity contribution is 5.64. The van der Waals surface area contributed by atoms with Crippen LogP contribution in [0.25, 0.3) is 5.76 Å². The molecule has 0 bridgehead atoms. The van der Waals surface area contributed by atoms with Gasteiger partial charge in [-0.2, -0.15) is 5.26 Å². The molecule has 3 nitrogen and oxygen atoms in total. The molecule has 0 spiro atoms. The fourth-order valence-electron chi connectivity index (χ4n) is 3.44. The van der Waals surface area contributed by atoms with Crippen LogP contribution in [0.4, 0.5) is 0 Å². The van der Waals surface area contributed by atoms with Crippen molar-refractivity contribution in [2.24, 2.45) is 5.92 Å². The Morgan fingerprint density at radius 1 is 1.12 bits per heavy atom. The molecule has 134 valence electrons. The zero-order valence-electron chi connectivity index (χ0n) is 15.2. The van der Waals surface area contributed by atoms with Crippen molar-refractivity contribution in [1.29, 1.82) is 5.26 Å². The first-order chi connectivity index (χ1) is 12.7. The Kier molecular flexibility index (Phi) is 6.09. The number of benzene rings is 2. The Labute approximate surface area is 155 Å². The third-order valence-corrected chi connectivity index (χ3v) is 5.02. The first-order valence-electron chi connectivity index (χ1n) is 9.31. The number of ether oxygens (including phenoxy) is 1. The minimum atomic E-state index is -0.541. The Bertz CT molecular complexity index is 796. The normalized spacial score (nSPS) is 16.7. The first kappa shape index (κ1) is 18.2. The van der Waals surface area contributed by atoms with Crippen molar-refractivity contribution in [1.82, 2.24) is 0 Å². The highest BCUT2D eigenvalue weighted by Gasteiger charge is 2.21. The van der Waals surface area contributed by atoms with Crippen molar-refractivity contribution in [2.45, 2.75) is 45.1 Å². The molecule has 1 saturated carbocycles. The van der Waals surface area contributed by atoms with E-state index in [1.165, 1.54) is 24.8 Å². The predicted octanol–water partition coefficient (Wildman–Crippen LogP) is 5.23. The highest BCUT2D eigenvalue weighted by Crippen LogP contribution is 2.30. The molecule has 1 fully saturated rings. The summed E-state index contributed by atoms with van der Waals surface area (Å²) in [6.45, 7) is 2.04. The molecule has 0 heterocycles. The second-order valence-electron chi connectivity index (χ2n) is 7.00. The summed E-state index contributed by atoms with van der Waals surface area (Å²) in [4.78, 5) is 0. The van der Waals surface area contributed by atoms with Gasteiger partial charge in [0.1, 0.15) is 17.6 Å². The van der Waals surface area contributed by atoms with Gasteiger partial charge in [-0.05, 0) is 43.9 Å². The molecule has 3 heteroatoms. The van der Waals surface area contributed by atoms with E-state index in [1.54, 1.807) is 12.1 Å². The predicted molar refractivity (Wildman–Crippen MR) is 104 cm³/mol. The van der Waals surface area contributed by atoms with E-state index in [2.05, 4.69) is 6.07 Å². The molecule has 2 aromatic carbocycles. The van der Waals surface area contributed by atoms with Gasteiger partial charge in [0.05, 0.1) is 11.7 Å². The maximum atomic E-state index is 10.7. The number of nitriles is 1. The van der Waals surface area contributed by atoms with Crippen LogP contribution < -0.4 is 4.74 Å². The lowest BCUT2D eigenvalue weighted by molar-refractivity contribution is 0.124. The van der Waals surface area contributed by atoms with Crippen molar-refractivity contribution in [3.63, 3.8) is 0 Å². The van der Waals surface area contributed by atoms with E-state index in [-0.39, 0.29) is 5.92 Å². The lowest BCUT2D eigenvalue weighted by Gasteiger charge is -2.25. The van der Waals surface area contributed by atoms with Gasteiger partial charge in [-0.25, -0.2) is 0 Å². The van der Waals surface area contributed by atoms with E-state index in [4.69, 9.17) is 4.74 Å². The van der Waals surface area contributed by atoms with Crippen molar-refractivity contribution in [2.75, 3.05) is 0 Å². The van der Waals surface area contributed by atoms with E-state index in [0.717, 1.165) is 18.4 Å². The molecule has 1 N–H and O–H groups in total. The molecule has 1 atom stereocenters. The topological polar surface area (TPSA) is 53.2 Å². The molecule has 2 aromatic rings. The second-order valence-corrected chi connectivity index (χ2v) is 7.00. The Hall–Kier alpha value is -2.57. The molecule has 0 aliphatic heterocycles. The molecule has 0 amide bonds. The third-order valence-electron chi connectivity index (χ3n) is 5.02. The second kappa shape index (κ2) is 8.69. The molecule has 1 unspecified atom stereocenters. The maximum absolute atomic E-state index is 10.7. The molecule has 0 saturated heterocycles. The minimum absolute atomic E-state index is 0.277. The first-order valence-corrected chi connectivity index (χ1v) is 9.31. The minimum Gasteiger partial charge on any atom is -0.456 e. The highest BCUT2D eigenvalue weighted by atomic mass is 16.5. The average molecular weight is 347 g/mol. The molecule has 0 aromatic heterocycles. The van der Waals surface area contributed by atoms with Crippen LogP contribution in [0, 0.1) is 24.2 Å². The van der Waals surface area contributed by atoms with Gasteiger partial charge < -0.3 is 9.84 Å². The number of nitrogens with zero attached hydrogens (tertiary/aromatic N) is 1. The number of aliphatic hydroxyl groups excluding tert-OH is 1. The Balaban J connectivity index is 1.92. The maximum Gasteiger partial charge on any atom is 0.145 e. The van der Waals surface area contributed by atoms with Crippen LogP contribution in [0.5, 0.6) is 5.75 Å². The molecular weight excluding hydrogens is 322 g/mol. The fraction of sp³-hybridized carbons (Fsp3) is 0.348. The van der Waals surface area contributed by atoms with Gasteiger partial charge in [0.25, 0.3) is 0 Å². The van der Waals surface area contributed by atoms with Crippen molar-refractivity contribution in [3.05, 3.63) is 71.3 Å². The van der Waals surface area contributed by atoms with E-state index < -0.39 is 6.10 Å². The summed E-state index contributed by atoms with van der Waals surface area (Å²) in [5, 5.41) is 20.1. The number of hydrogen-bond donors (Lipinski definition) is 1. The lowest BCUT2D eigenvalue weighted by atomic mass is 9.85. The molecule has 3 rings (SSSR count). The quantitative estimate of drug-likeness (QED) is 0.754. The van der Waals surface area contributed by atoms with Gasteiger partial charge in [0.2, 0.25) is 0 Å². The Morgan fingerprint density at radius 3 is 2.50 bits per heavy atom. The van der Waals surface area contributed by atoms with Crippen LogP contribution in [0.3, 0.4) is 0 Å². The molecular formula is C23H25NO2. The van der Waals surface area contributed by atoms with Crippen molar-refractivity contribution in [3.8, 4) is 11.8 Å². The lowest BCUT2D eigenvalue weighted by Crippen LogP contribution is -2.21. The van der Waals surface area contributed by atoms with E-state index in [9.17, 15) is 10.4 Å². The van der Waals surface area contributed by atoms with E-state index >= 15 is 0 Å².